The number of hydrogen-bond donors (Lipinski definition) is 0. The summed E-state index contributed by atoms with van der Waals surface area (Å²) in [5, 5.41) is 0. The summed E-state index contributed by atoms with van der Waals surface area (Å²) >= 11 is 1.46. The van der Waals surface area contributed by atoms with Crippen molar-refractivity contribution >= 4 is 3.71 Å². The summed E-state index contributed by atoms with van der Waals surface area (Å²) in [5.41, 5.74) is 10.1. The number of benzene rings is 3. The molecule has 166 valence electrons. The third-order valence-corrected chi connectivity index (χ3v) is 6.71. The molecule has 0 saturated heterocycles. The van der Waals surface area contributed by atoms with Crippen LogP contribution in [0, 0.1) is 23.5 Å². The molecule has 0 aliphatic heterocycles. The molecule has 1 unspecified atom stereocenters. The van der Waals surface area contributed by atoms with Crippen LogP contribution in [0.3, 0.4) is 0 Å². The molecular weight excluding hydrogens is 476 g/mol. The van der Waals surface area contributed by atoms with Gasteiger partial charge in [0.05, 0.1) is 0 Å². The molecule has 3 aromatic carbocycles. The fourth-order valence-corrected chi connectivity index (χ4v) is 4.76. The predicted octanol–water partition coefficient (Wildman–Crippen LogP) is 8.19. The third kappa shape index (κ3) is 6.94. The van der Waals surface area contributed by atoms with Crippen molar-refractivity contribution in [1.29, 1.82) is 0 Å². The van der Waals surface area contributed by atoms with Crippen LogP contribution in [-0.4, -0.2) is 3.71 Å². The number of fused-ring (bicyclic) bond motifs is 3. The molecule has 33 heavy (non-hydrogen) atoms. The summed E-state index contributed by atoms with van der Waals surface area (Å²) in [6, 6.07) is 28.5. The van der Waals surface area contributed by atoms with Gasteiger partial charge in [-0.05, 0) is 6.42 Å². The normalized spacial score (nSPS) is 15.7. The Hall–Kier alpha value is -2.11. The summed E-state index contributed by atoms with van der Waals surface area (Å²) < 4.78 is 2.17. The molecule has 0 N–H and O–H groups in total. The van der Waals surface area contributed by atoms with Crippen LogP contribution in [0.25, 0.3) is 11.1 Å². The van der Waals surface area contributed by atoms with Crippen LogP contribution in [0.5, 0.6) is 0 Å². The SMILES string of the molecule is CCC1=[C-]C(C)C=C1C(C)(C)C.[Zr+2]=[CH]c1ccccc1.[c-]1cccc2c1Cc1ccccc1-2. The van der Waals surface area contributed by atoms with Gasteiger partial charge in [0, 0.05) is 0 Å². The second-order valence-electron chi connectivity index (χ2n) is 9.55. The van der Waals surface area contributed by atoms with Gasteiger partial charge < -0.3 is 0 Å². The van der Waals surface area contributed by atoms with E-state index in [2.05, 4.69) is 117 Å². The number of hydrogen-bond acceptors (Lipinski definition) is 0. The van der Waals surface area contributed by atoms with E-state index in [4.69, 9.17) is 0 Å². The van der Waals surface area contributed by atoms with Gasteiger partial charge in [0.15, 0.2) is 0 Å². The van der Waals surface area contributed by atoms with E-state index in [0.717, 1.165) is 12.8 Å². The molecule has 0 nitrogen and oxygen atoms in total. The van der Waals surface area contributed by atoms with E-state index in [0.29, 0.717) is 11.3 Å². The standard InChI is InChI=1S/C13H9.C12H19.C7H6.Zr/c1-3-7-12-10(5-1)9-11-6-2-4-8-13(11)12;1-6-10-7-9(2)8-11(10)12(3,4)5;1-7-5-3-2-4-6-7;/h1-5,7-8H,9H2;8-9H,6H2,1-5H3;1-6H;/q2*-1;;+2. The maximum Gasteiger partial charge on any atom is -0.0253 e. The molecule has 0 aromatic heterocycles. The smallest absolute Gasteiger partial charge is 0.0253 e. The Kier molecular flexibility index (Phi) is 9.16. The summed E-state index contributed by atoms with van der Waals surface area (Å²) in [6.45, 7) is 11.2. The molecule has 3 aromatic rings. The first-order chi connectivity index (χ1) is 15.8. The van der Waals surface area contributed by atoms with Crippen molar-refractivity contribution in [2.75, 3.05) is 0 Å². The molecule has 1 atom stereocenters. The molecule has 0 bridgehead atoms. The minimum atomic E-state index is 0.295. The number of allylic oxidation sites excluding steroid dienone is 4. The average molecular weight is 510 g/mol. The van der Waals surface area contributed by atoms with Crippen LogP contribution in [-0.2, 0) is 30.7 Å². The van der Waals surface area contributed by atoms with E-state index in [1.165, 1.54) is 63.2 Å². The van der Waals surface area contributed by atoms with Gasteiger partial charge in [-0.15, -0.1) is 5.56 Å². The van der Waals surface area contributed by atoms with Crippen molar-refractivity contribution in [3.63, 3.8) is 0 Å². The Morgan fingerprint density at radius 1 is 0.939 bits per heavy atom. The average Bonchev–Trinajstić information content (AvgIpc) is 3.40. The molecular formula is C32H34Zr. The largest absolute Gasteiger partial charge is 0.179 e. The van der Waals surface area contributed by atoms with Gasteiger partial charge >= 0.3 is 63.8 Å². The van der Waals surface area contributed by atoms with E-state index >= 15 is 0 Å². The second kappa shape index (κ2) is 11.8. The predicted molar refractivity (Wildman–Crippen MR) is 139 cm³/mol. The Morgan fingerprint density at radius 2 is 1.61 bits per heavy atom. The van der Waals surface area contributed by atoms with Gasteiger partial charge in [-0.1, -0.05) is 87.8 Å². The summed E-state index contributed by atoms with van der Waals surface area (Å²) in [4.78, 5) is 0. The van der Waals surface area contributed by atoms with Crippen molar-refractivity contribution < 1.29 is 24.2 Å². The molecule has 0 fully saturated rings. The molecule has 2 aliphatic rings. The van der Waals surface area contributed by atoms with Gasteiger partial charge in [-0.25, -0.2) is 5.57 Å². The Bertz CT molecular complexity index is 1080. The minimum Gasteiger partial charge on any atom is -0.179 e. The van der Waals surface area contributed by atoms with Gasteiger partial charge in [-0.2, -0.15) is 41.5 Å². The number of rotatable bonds is 2. The molecule has 0 spiro atoms. The van der Waals surface area contributed by atoms with Gasteiger partial charge in [0.25, 0.3) is 0 Å². The maximum absolute atomic E-state index is 3.48. The van der Waals surface area contributed by atoms with Crippen LogP contribution in [0.4, 0.5) is 0 Å². The zero-order valence-electron chi connectivity index (χ0n) is 20.6. The van der Waals surface area contributed by atoms with Crippen LogP contribution in [0.2, 0.25) is 0 Å². The summed E-state index contributed by atoms with van der Waals surface area (Å²) in [6.07, 6.45) is 8.00. The first-order valence-corrected chi connectivity index (χ1v) is 13.2. The second-order valence-corrected chi connectivity index (χ2v) is 10.3. The Labute approximate surface area is 215 Å². The third-order valence-electron chi connectivity index (χ3n) is 5.89. The maximum atomic E-state index is 3.48. The van der Waals surface area contributed by atoms with E-state index in [1.807, 2.05) is 12.1 Å². The first-order valence-electron chi connectivity index (χ1n) is 11.8. The fraction of sp³-hybridized carbons (Fsp3) is 0.281. The molecule has 2 aliphatic carbocycles. The zero-order chi connectivity index (χ0) is 23.8. The minimum absolute atomic E-state index is 0.295. The fourth-order valence-electron chi connectivity index (χ4n) is 4.29. The summed E-state index contributed by atoms with van der Waals surface area (Å²) in [5.74, 6) is 0.522. The molecule has 1 heteroatoms. The quantitative estimate of drug-likeness (QED) is 0.239. The Morgan fingerprint density at radius 3 is 2.21 bits per heavy atom. The van der Waals surface area contributed by atoms with E-state index < -0.39 is 0 Å². The van der Waals surface area contributed by atoms with Crippen molar-refractivity contribution in [3.05, 3.63) is 119 Å². The van der Waals surface area contributed by atoms with Gasteiger partial charge in [0.2, 0.25) is 0 Å². The Balaban J connectivity index is 0.000000144. The molecule has 0 amide bonds. The van der Waals surface area contributed by atoms with Crippen LogP contribution >= 0.6 is 0 Å². The van der Waals surface area contributed by atoms with Crippen molar-refractivity contribution in [3.8, 4) is 11.1 Å². The molecule has 0 radical (unpaired) electrons. The molecule has 0 heterocycles. The molecule has 0 saturated carbocycles. The van der Waals surface area contributed by atoms with E-state index in [-0.39, 0.29) is 0 Å². The van der Waals surface area contributed by atoms with Crippen molar-refractivity contribution in [2.24, 2.45) is 11.3 Å². The topological polar surface area (TPSA) is 0 Å². The first kappa shape index (κ1) is 25.5. The molecule has 5 rings (SSSR count). The monoisotopic (exact) mass is 508 g/mol. The van der Waals surface area contributed by atoms with E-state index in [9.17, 15) is 0 Å². The van der Waals surface area contributed by atoms with Crippen molar-refractivity contribution in [1.82, 2.24) is 0 Å². The van der Waals surface area contributed by atoms with Gasteiger partial charge in [0.1, 0.15) is 0 Å². The van der Waals surface area contributed by atoms with Gasteiger partial charge in [-0.3, -0.25) is 6.08 Å². The van der Waals surface area contributed by atoms with Crippen LogP contribution < -0.4 is 0 Å². The van der Waals surface area contributed by atoms with Crippen molar-refractivity contribution in [2.45, 2.75) is 47.5 Å². The summed E-state index contributed by atoms with van der Waals surface area (Å²) in [7, 11) is 0. The van der Waals surface area contributed by atoms with E-state index in [1.54, 1.807) is 0 Å². The zero-order valence-corrected chi connectivity index (χ0v) is 23.0. The van der Waals surface area contributed by atoms with Crippen LogP contribution in [0.15, 0.2) is 90.0 Å². The van der Waals surface area contributed by atoms with Crippen LogP contribution in [0.1, 0.15) is 57.7 Å².